The molecule has 0 aliphatic carbocycles. The van der Waals surface area contributed by atoms with Crippen molar-refractivity contribution in [3.8, 4) is 11.5 Å². The van der Waals surface area contributed by atoms with Gasteiger partial charge in [0, 0.05) is 11.6 Å². The Morgan fingerprint density at radius 1 is 1.27 bits per heavy atom. The summed E-state index contributed by atoms with van der Waals surface area (Å²) in [5.41, 5.74) is 4.65. The number of nitrogens with zero attached hydrogens (tertiary/aromatic N) is 2. The Morgan fingerprint density at radius 2 is 2.12 bits per heavy atom. The molecule has 1 N–H and O–H groups in total. The fourth-order valence-electron chi connectivity index (χ4n) is 2.17. The molecule has 0 aliphatic heterocycles. The summed E-state index contributed by atoms with van der Waals surface area (Å²) in [4.78, 5) is 16.2. The van der Waals surface area contributed by atoms with Crippen LogP contribution in [0.3, 0.4) is 0 Å². The monoisotopic (exact) mass is 371 g/mol. The Hall–Kier alpha value is -3.00. The Balaban J connectivity index is 1.54. The highest BCUT2D eigenvalue weighted by atomic mass is 32.2. The molecule has 0 atom stereocenters. The van der Waals surface area contributed by atoms with Gasteiger partial charge in [0.15, 0.2) is 5.58 Å². The van der Waals surface area contributed by atoms with Crippen LogP contribution in [0.25, 0.3) is 11.1 Å². The quantitative estimate of drug-likeness (QED) is 0.390. The van der Waals surface area contributed by atoms with Crippen molar-refractivity contribution in [2.75, 3.05) is 20.0 Å². The first-order valence-electron chi connectivity index (χ1n) is 7.72. The highest BCUT2D eigenvalue weighted by Crippen LogP contribution is 2.24. The van der Waals surface area contributed by atoms with Gasteiger partial charge in [0.05, 0.1) is 26.2 Å². The molecular weight excluding hydrogens is 354 g/mol. The van der Waals surface area contributed by atoms with E-state index in [0.717, 1.165) is 11.1 Å². The fourth-order valence-corrected chi connectivity index (χ4v) is 2.80. The Kier molecular flexibility index (Phi) is 5.75. The van der Waals surface area contributed by atoms with E-state index in [1.807, 2.05) is 24.3 Å². The number of thioether (sulfide) groups is 1. The Bertz CT molecular complexity index is 906. The van der Waals surface area contributed by atoms with Crippen molar-refractivity contribution < 1.29 is 18.7 Å². The van der Waals surface area contributed by atoms with E-state index in [1.165, 1.54) is 18.0 Å². The number of aromatic nitrogens is 1. The molecule has 0 fully saturated rings. The molecule has 1 aromatic heterocycles. The molecule has 0 unspecified atom stereocenters. The third-order valence-corrected chi connectivity index (χ3v) is 4.26. The van der Waals surface area contributed by atoms with E-state index < -0.39 is 0 Å². The van der Waals surface area contributed by atoms with Gasteiger partial charge in [0.25, 0.3) is 11.1 Å². The van der Waals surface area contributed by atoms with E-state index in [1.54, 1.807) is 32.4 Å². The molecule has 1 amide bonds. The second-order valence-electron chi connectivity index (χ2n) is 5.14. The van der Waals surface area contributed by atoms with Crippen LogP contribution in [0.1, 0.15) is 5.56 Å². The van der Waals surface area contributed by atoms with E-state index in [9.17, 15) is 4.79 Å². The number of fused-ring (bicyclic) bond motifs is 1. The van der Waals surface area contributed by atoms with Crippen molar-refractivity contribution in [1.82, 2.24) is 10.4 Å². The molecule has 7 nitrogen and oxygen atoms in total. The largest absolute Gasteiger partial charge is 0.497 e. The summed E-state index contributed by atoms with van der Waals surface area (Å²) in [5.74, 6) is 1.16. The number of hydrogen-bond donors (Lipinski definition) is 1. The first-order chi connectivity index (χ1) is 12.7. The van der Waals surface area contributed by atoms with Crippen molar-refractivity contribution in [3.63, 3.8) is 0 Å². The summed E-state index contributed by atoms with van der Waals surface area (Å²) < 4.78 is 16.0. The summed E-state index contributed by atoms with van der Waals surface area (Å²) in [7, 11) is 3.14. The van der Waals surface area contributed by atoms with Crippen LogP contribution in [0.5, 0.6) is 11.5 Å². The van der Waals surface area contributed by atoms with Crippen molar-refractivity contribution in [2.45, 2.75) is 5.22 Å². The lowest BCUT2D eigenvalue weighted by atomic mass is 10.2. The third kappa shape index (κ3) is 4.34. The lowest BCUT2D eigenvalue weighted by Gasteiger charge is -2.06. The molecule has 2 aromatic carbocycles. The average Bonchev–Trinajstić information content (AvgIpc) is 3.09. The van der Waals surface area contributed by atoms with E-state index in [2.05, 4.69) is 15.5 Å². The molecule has 1 heterocycles. The van der Waals surface area contributed by atoms with Gasteiger partial charge in [-0.2, -0.15) is 5.10 Å². The molecule has 3 rings (SSSR count). The number of ether oxygens (including phenoxy) is 2. The molecule has 0 aliphatic rings. The maximum absolute atomic E-state index is 11.9. The average molecular weight is 371 g/mol. The van der Waals surface area contributed by atoms with Crippen LogP contribution in [0.4, 0.5) is 0 Å². The zero-order valence-electron chi connectivity index (χ0n) is 14.3. The maximum atomic E-state index is 11.9. The first kappa shape index (κ1) is 17.8. The summed E-state index contributed by atoms with van der Waals surface area (Å²) in [6, 6.07) is 12.8. The SMILES string of the molecule is COc1ccc(/C=N/NC(=O)CSc2nc3ccccc3o2)c(OC)c1. The number of hydrazone groups is 1. The zero-order chi connectivity index (χ0) is 18.4. The van der Waals surface area contributed by atoms with Crippen LogP contribution < -0.4 is 14.9 Å². The molecule has 0 spiro atoms. The van der Waals surface area contributed by atoms with Gasteiger partial charge in [-0.05, 0) is 24.3 Å². The molecule has 26 heavy (non-hydrogen) atoms. The summed E-state index contributed by atoms with van der Waals surface area (Å²) >= 11 is 1.21. The minimum atomic E-state index is -0.263. The standard InChI is InChI=1S/C18H17N3O4S/c1-23-13-8-7-12(16(9-13)24-2)10-19-21-17(22)11-26-18-20-14-5-3-4-6-15(14)25-18/h3-10H,11H2,1-2H3,(H,21,22)/b19-10+. The van der Waals surface area contributed by atoms with Crippen molar-refractivity contribution in [3.05, 3.63) is 48.0 Å². The molecule has 3 aromatic rings. The van der Waals surface area contributed by atoms with E-state index in [-0.39, 0.29) is 11.7 Å². The number of oxazole rings is 1. The van der Waals surface area contributed by atoms with Gasteiger partial charge in [-0.1, -0.05) is 23.9 Å². The highest BCUT2D eigenvalue weighted by Gasteiger charge is 2.08. The number of para-hydroxylation sites is 2. The van der Waals surface area contributed by atoms with E-state index in [0.29, 0.717) is 22.3 Å². The number of rotatable bonds is 7. The first-order valence-corrected chi connectivity index (χ1v) is 8.70. The second kappa shape index (κ2) is 8.39. The van der Waals surface area contributed by atoms with Gasteiger partial charge in [-0.3, -0.25) is 4.79 Å². The number of carbonyl (C=O) groups is 1. The van der Waals surface area contributed by atoms with Gasteiger partial charge >= 0.3 is 0 Å². The van der Waals surface area contributed by atoms with Crippen LogP contribution in [0.15, 0.2) is 57.2 Å². The smallest absolute Gasteiger partial charge is 0.257 e. The van der Waals surface area contributed by atoms with Gasteiger partial charge in [0.1, 0.15) is 17.0 Å². The summed E-state index contributed by atoms with van der Waals surface area (Å²) in [6.07, 6.45) is 1.51. The third-order valence-electron chi connectivity index (χ3n) is 3.43. The van der Waals surface area contributed by atoms with Crippen LogP contribution in [0, 0.1) is 0 Å². The Labute approximate surface area is 154 Å². The van der Waals surface area contributed by atoms with Crippen LogP contribution in [0.2, 0.25) is 0 Å². The van der Waals surface area contributed by atoms with Crippen molar-refractivity contribution in [1.29, 1.82) is 0 Å². The lowest BCUT2D eigenvalue weighted by Crippen LogP contribution is -2.19. The highest BCUT2D eigenvalue weighted by molar-refractivity contribution is 7.99. The number of amides is 1. The van der Waals surface area contributed by atoms with Gasteiger partial charge in [-0.25, -0.2) is 10.4 Å². The second-order valence-corrected chi connectivity index (χ2v) is 6.06. The zero-order valence-corrected chi connectivity index (χ0v) is 15.1. The van der Waals surface area contributed by atoms with Gasteiger partial charge < -0.3 is 13.9 Å². The normalized spacial score (nSPS) is 11.0. The Morgan fingerprint density at radius 3 is 2.88 bits per heavy atom. The molecule has 0 saturated carbocycles. The van der Waals surface area contributed by atoms with Crippen LogP contribution >= 0.6 is 11.8 Å². The summed E-state index contributed by atoms with van der Waals surface area (Å²) in [5, 5.41) is 4.40. The van der Waals surface area contributed by atoms with Crippen LogP contribution in [-0.4, -0.2) is 37.1 Å². The summed E-state index contributed by atoms with van der Waals surface area (Å²) in [6.45, 7) is 0. The predicted octanol–water partition coefficient (Wildman–Crippen LogP) is 3.09. The molecule has 0 radical (unpaired) electrons. The number of hydrogen-bond acceptors (Lipinski definition) is 7. The topological polar surface area (TPSA) is 86.0 Å². The van der Waals surface area contributed by atoms with Crippen molar-refractivity contribution >= 4 is 35.0 Å². The molecule has 8 heteroatoms. The number of benzene rings is 2. The lowest BCUT2D eigenvalue weighted by molar-refractivity contribution is -0.118. The number of carbonyl (C=O) groups excluding carboxylic acids is 1. The van der Waals surface area contributed by atoms with E-state index >= 15 is 0 Å². The predicted molar refractivity (Wildman–Crippen MR) is 100 cm³/mol. The fraction of sp³-hybridized carbons (Fsp3) is 0.167. The molecular formula is C18H17N3O4S. The molecule has 134 valence electrons. The van der Waals surface area contributed by atoms with Gasteiger partial charge in [0.2, 0.25) is 0 Å². The molecule has 0 saturated heterocycles. The number of nitrogens with one attached hydrogen (secondary N) is 1. The van der Waals surface area contributed by atoms with Crippen molar-refractivity contribution in [2.24, 2.45) is 5.10 Å². The maximum Gasteiger partial charge on any atom is 0.257 e. The minimum absolute atomic E-state index is 0.143. The number of methoxy groups -OCH3 is 2. The van der Waals surface area contributed by atoms with Crippen LogP contribution in [-0.2, 0) is 4.79 Å². The minimum Gasteiger partial charge on any atom is -0.497 e. The van der Waals surface area contributed by atoms with E-state index in [4.69, 9.17) is 13.9 Å². The van der Waals surface area contributed by atoms with Gasteiger partial charge in [-0.15, -0.1) is 0 Å². The molecule has 0 bridgehead atoms.